The summed E-state index contributed by atoms with van der Waals surface area (Å²) in [5.74, 6) is 0.787. The third-order valence-corrected chi connectivity index (χ3v) is 2.96. The lowest BCUT2D eigenvalue weighted by Crippen LogP contribution is -2.37. The van der Waals surface area contributed by atoms with E-state index in [0.717, 1.165) is 49.2 Å². The maximum atomic E-state index is 5.35. The first kappa shape index (κ1) is 12.8. The van der Waals surface area contributed by atoms with Gasteiger partial charge in [0.25, 0.3) is 0 Å². The molecule has 96 valence electrons. The van der Waals surface area contributed by atoms with Gasteiger partial charge in [0.15, 0.2) is 0 Å². The Morgan fingerprint density at radius 1 is 1.39 bits per heavy atom. The van der Waals surface area contributed by atoms with E-state index in [-0.39, 0.29) is 0 Å². The van der Waals surface area contributed by atoms with Gasteiger partial charge in [0.1, 0.15) is 0 Å². The second-order valence-electron chi connectivity index (χ2n) is 4.24. The zero-order valence-electron chi connectivity index (χ0n) is 11.0. The van der Waals surface area contributed by atoms with Gasteiger partial charge in [-0.15, -0.1) is 0 Å². The van der Waals surface area contributed by atoms with Crippen molar-refractivity contribution < 1.29 is 4.74 Å². The molecule has 4 nitrogen and oxygen atoms in total. The second kappa shape index (κ2) is 5.78. The third kappa shape index (κ3) is 2.76. The van der Waals surface area contributed by atoms with Crippen LogP contribution < -0.4 is 4.90 Å². The molecule has 1 aliphatic rings. The number of hydrogen-bond donors (Lipinski definition) is 0. The van der Waals surface area contributed by atoms with Crippen molar-refractivity contribution in [2.24, 2.45) is 0 Å². The van der Waals surface area contributed by atoms with E-state index in [2.05, 4.69) is 21.4 Å². The average Bonchev–Trinajstić information content (AvgIpc) is 2.40. The van der Waals surface area contributed by atoms with Crippen molar-refractivity contribution in [1.29, 1.82) is 0 Å². The molecule has 0 aromatic carbocycles. The first-order valence-electron chi connectivity index (χ1n) is 6.22. The zero-order valence-corrected chi connectivity index (χ0v) is 11.0. The number of nitrogens with zero attached hydrogens (tertiary/aromatic N) is 3. The maximum Gasteiger partial charge on any atom is 0.226 e. The van der Waals surface area contributed by atoms with Crippen LogP contribution in [0.1, 0.15) is 18.3 Å². The summed E-state index contributed by atoms with van der Waals surface area (Å²) in [6.45, 7) is 11.0. The van der Waals surface area contributed by atoms with Gasteiger partial charge < -0.3 is 9.64 Å². The molecule has 0 amide bonds. The van der Waals surface area contributed by atoms with Crippen LogP contribution in [0.2, 0.25) is 0 Å². The summed E-state index contributed by atoms with van der Waals surface area (Å²) in [6, 6.07) is 1.99. The fraction of sp³-hybridized carbons (Fsp3) is 0.429. The summed E-state index contributed by atoms with van der Waals surface area (Å²) in [5.41, 5.74) is 2.94. The average molecular weight is 245 g/mol. The smallest absolute Gasteiger partial charge is 0.226 e. The lowest BCUT2D eigenvalue weighted by molar-refractivity contribution is 0.122. The van der Waals surface area contributed by atoms with Crippen LogP contribution in [0, 0.1) is 6.92 Å². The summed E-state index contributed by atoms with van der Waals surface area (Å²) in [7, 11) is 0. The third-order valence-electron chi connectivity index (χ3n) is 2.96. The lowest BCUT2D eigenvalue weighted by atomic mass is 10.1. The van der Waals surface area contributed by atoms with Gasteiger partial charge in [-0.25, -0.2) is 9.97 Å². The molecule has 0 bridgehead atoms. The molecule has 18 heavy (non-hydrogen) atoms. The summed E-state index contributed by atoms with van der Waals surface area (Å²) in [4.78, 5) is 11.3. The fourth-order valence-corrected chi connectivity index (χ4v) is 1.98. The highest BCUT2D eigenvalue weighted by atomic mass is 16.5. The second-order valence-corrected chi connectivity index (χ2v) is 4.24. The summed E-state index contributed by atoms with van der Waals surface area (Å²) >= 11 is 0. The number of allylic oxidation sites excluding steroid dienone is 3. The molecule has 0 N–H and O–H groups in total. The summed E-state index contributed by atoms with van der Waals surface area (Å²) in [6.07, 6.45) is 3.84. The minimum atomic E-state index is 0.741. The van der Waals surface area contributed by atoms with Crippen molar-refractivity contribution >= 4 is 11.5 Å². The van der Waals surface area contributed by atoms with Crippen LogP contribution in [0.4, 0.5) is 5.95 Å². The molecular formula is C14H19N3O. The molecule has 0 unspecified atom stereocenters. The molecule has 0 saturated carbocycles. The first-order chi connectivity index (χ1) is 8.74. The first-order valence-corrected chi connectivity index (χ1v) is 6.22. The number of hydrogen-bond acceptors (Lipinski definition) is 4. The molecule has 1 aliphatic heterocycles. The Hall–Kier alpha value is -1.68. The molecule has 1 aromatic heterocycles. The molecule has 1 saturated heterocycles. The minimum Gasteiger partial charge on any atom is -0.378 e. The van der Waals surface area contributed by atoms with Gasteiger partial charge in [0.05, 0.1) is 18.9 Å². The SMILES string of the molecule is C=C/C(=C\C)c1cc(C)nc(N2CCOCC2)n1. The molecule has 2 rings (SSSR count). The highest BCUT2D eigenvalue weighted by Gasteiger charge is 2.15. The normalized spacial score (nSPS) is 16.8. The van der Waals surface area contributed by atoms with E-state index in [9.17, 15) is 0 Å². The molecule has 0 aliphatic carbocycles. The van der Waals surface area contributed by atoms with Gasteiger partial charge in [-0.3, -0.25) is 0 Å². The largest absolute Gasteiger partial charge is 0.378 e. The van der Waals surface area contributed by atoms with Crippen LogP contribution in [0.15, 0.2) is 24.8 Å². The Balaban J connectivity index is 2.33. The van der Waals surface area contributed by atoms with Gasteiger partial charge in [-0.1, -0.05) is 18.7 Å². The van der Waals surface area contributed by atoms with Crippen molar-refractivity contribution in [3.05, 3.63) is 36.2 Å². The van der Waals surface area contributed by atoms with Crippen LogP contribution >= 0.6 is 0 Å². The van der Waals surface area contributed by atoms with Crippen LogP contribution in [-0.2, 0) is 4.74 Å². The van der Waals surface area contributed by atoms with Crippen LogP contribution in [-0.4, -0.2) is 36.3 Å². The van der Waals surface area contributed by atoms with Gasteiger partial charge in [-0.05, 0) is 25.5 Å². The highest BCUT2D eigenvalue weighted by molar-refractivity contribution is 5.71. The Morgan fingerprint density at radius 3 is 2.72 bits per heavy atom. The fourth-order valence-electron chi connectivity index (χ4n) is 1.98. The number of ether oxygens (including phenoxy) is 1. The molecule has 4 heteroatoms. The monoisotopic (exact) mass is 245 g/mol. The van der Waals surface area contributed by atoms with E-state index in [0.29, 0.717) is 0 Å². The molecule has 2 heterocycles. The molecule has 0 spiro atoms. The van der Waals surface area contributed by atoms with Gasteiger partial charge in [0, 0.05) is 18.8 Å². The standard InChI is InChI=1S/C14H19N3O/c1-4-12(5-2)13-10-11(3)15-14(16-13)17-6-8-18-9-7-17/h4-5,10H,1,6-9H2,2-3H3/b12-5+. The minimum absolute atomic E-state index is 0.741. The topological polar surface area (TPSA) is 38.2 Å². The number of morpholine rings is 1. The number of aryl methyl sites for hydroxylation is 1. The number of rotatable bonds is 3. The van der Waals surface area contributed by atoms with Crippen molar-refractivity contribution in [1.82, 2.24) is 9.97 Å². The van der Waals surface area contributed by atoms with Crippen LogP contribution in [0.5, 0.6) is 0 Å². The van der Waals surface area contributed by atoms with Crippen molar-refractivity contribution in [3.8, 4) is 0 Å². The predicted octanol–water partition coefficient (Wildman–Crippen LogP) is 2.21. The van der Waals surface area contributed by atoms with Gasteiger partial charge in [-0.2, -0.15) is 0 Å². The van der Waals surface area contributed by atoms with Crippen molar-refractivity contribution in [3.63, 3.8) is 0 Å². The maximum absolute atomic E-state index is 5.35. The quantitative estimate of drug-likeness (QED) is 0.765. The van der Waals surface area contributed by atoms with E-state index in [1.165, 1.54) is 0 Å². The Bertz CT molecular complexity index is 462. The van der Waals surface area contributed by atoms with E-state index in [4.69, 9.17) is 4.74 Å². The van der Waals surface area contributed by atoms with E-state index in [1.807, 2.05) is 32.1 Å². The molecule has 0 radical (unpaired) electrons. The van der Waals surface area contributed by atoms with Crippen molar-refractivity contribution in [2.75, 3.05) is 31.2 Å². The Morgan fingerprint density at radius 2 is 2.11 bits per heavy atom. The zero-order chi connectivity index (χ0) is 13.0. The van der Waals surface area contributed by atoms with Gasteiger partial charge >= 0.3 is 0 Å². The summed E-state index contributed by atoms with van der Waals surface area (Å²) in [5, 5.41) is 0. The highest BCUT2D eigenvalue weighted by Crippen LogP contribution is 2.18. The van der Waals surface area contributed by atoms with Gasteiger partial charge in [0.2, 0.25) is 5.95 Å². The number of anilines is 1. The van der Waals surface area contributed by atoms with E-state index >= 15 is 0 Å². The Labute approximate surface area is 108 Å². The predicted molar refractivity (Wildman–Crippen MR) is 73.6 cm³/mol. The van der Waals surface area contributed by atoms with E-state index in [1.54, 1.807) is 0 Å². The van der Waals surface area contributed by atoms with E-state index < -0.39 is 0 Å². The number of aromatic nitrogens is 2. The molecule has 1 fully saturated rings. The molecule has 0 atom stereocenters. The lowest BCUT2D eigenvalue weighted by Gasteiger charge is -2.27. The van der Waals surface area contributed by atoms with Crippen molar-refractivity contribution in [2.45, 2.75) is 13.8 Å². The Kier molecular flexibility index (Phi) is 4.10. The molecule has 1 aromatic rings. The van der Waals surface area contributed by atoms with Crippen LogP contribution in [0.3, 0.4) is 0 Å². The molecular weight excluding hydrogens is 226 g/mol. The van der Waals surface area contributed by atoms with Crippen LogP contribution in [0.25, 0.3) is 5.57 Å². The summed E-state index contributed by atoms with van der Waals surface area (Å²) < 4.78 is 5.35.